The zero-order chi connectivity index (χ0) is 18.3. The van der Waals surface area contributed by atoms with Gasteiger partial charge < -0.3 is 9.47 Å². The topological polar surface area (TPSA) is 52.6 Å². The third-order valence-electron chi connectivity index (χ3n) is 4.08. The third-order valence-corrected chi connectivity index (χ3v) is 4.08. The average molecular weight is 334 g/mol. The lowest BCUT2D eigenvalue weighted by atomic mass is 9.78. The van der Waals surface area contributed by atoms with Crippen LogP contribution >= 0.6 is 0 Å². The zero-order valence-electron chi connectivity index (χ0n) is 15.7. The van der Waals surface area contributed by atoms with E-state index in [2.05, 4.69) is 0 Å². The molecule has 0 fully saturated rings. The lowest BCUT2D eigenvalue weighted by molar-refractivity contribution is -0.147. The molecule has 1 aromatic carbocycles. The minimum Gasteiger partial charge on any atom is -0.466 e. The van der Waals surface area contributed by atoms with Crippen LogP contribution in [0.25, 0.3) is 0 Å². The van der Waals surface area contributed by atoms with Gasteiger partial charge in [0.15, 0.2) is 0 Å². The lowest BCUT2D eigenvalue weighted by Crippen LogP contribution is -2.26. The highest BCUT2D eigenvalue weighted by Gasteiger charge is 2.33. The molecule has 0 radical (unpaired) electrons. The van der Waals surface area contributed by atoms with E-state index < -0.39 is 11.8 Å². The Labute approximate surface area is 145 Å². The standard InChI is InChI=1S/C20H30O4/c1-7-23-19(21)17(13(3)4)15-11-9-10-12-16(15)18(14(5)6)20(22)24-8-2/h9-14,17-18H,7-8H2,1-6H3. The second-order valence-electron chi connectivity index (χ2n) is 6.58. The van der Waals surface area contributed by atoms with Crippen LogP contribution in [-0.4, -0.2) is 25.2 Å². The Bertz CT molecular complexity index is 499. The molecule has 0 bridgehead atoms. The van der Waals surface area contributed by atoms with E-state index in [0.717, 1.165) is 11.1 Å². The van der Waals surface area contributed by atoms with Crippen LogP contribution in [0.5, 0.6) is 0 Å². The van der Waals surface area contributed by atoms with Gasteiger partial charge >= 0.3 is 11.9 Å². The zero-order valence-corrected chi connectivity index (χ0v) is 15.7. The Morgan fingerprint density at radius 1 is 0.792 bits per heavy atom. The van der Waals surface area contributed by atoms with Gasteiger partial charge in [-0.05, 0) is 36.8 Å². The molecular weight excluding hydrogens is 304 g/mol. The molecule has 1 aromatic rings. The van der Waals surface area contributed by atoms with Gasteiger partial charge in [0.1, 0.15) is 0 Å². The van der Waals surface area contributed by atoms with E-state index in [1.54, 1.807) is 13.8 Å². The van der Waals surface area contributed by atoms with Crippen LogP contribution in [0.2, 0.25) is 0 Å². The number of carbonyl (C=O) groups excluding carboxylic acids is 2. The predicted octanol–water partition coefficient (Wildman–Crippen LogP) is 4.29. The van der Waals surface area contributed by atoms with Crippen molar-refractivity contribution in [2.24, 2.45) is 11.8 Å². The van der Waals surface area contributed by atoms with Crippen LogP contribution in [0.1, 0.15) is 64.5 Å². The second kappa shape index (κ2) is 9.45. The van der Waals surface area contributed by atoms with Crippen LogP contribution in [-0.2, 0) is 19.1 Å². The first-order valence-electron chi connectivity index (χ1n) is 8.77. The van der Waals surface area contributed by atoms with Crippen molar-refractivity contribution in [1.29, 1.82) is 0 Å². The Morgan fingerprint density at radius 3 is 1.38 bits per heavy atom. The first-order chi connectivity index (χ1) is 11.3. The molecule has 2 atom stereocenters. The minimum atomic E-state index is -0.392. The highest BCUT2D eigenvalue weighted by atomic mass is 16.5. The van der Waals surface area contributed by atoms with Crippen LogP contribution in [0, 0.1) is 11.8 Å². The molecule has 0 spiro atoms. The number of hydrogen-bond acceptors (Lipinski definition) is 4. The molecule has 4 heteroatoms. The van der Waals surface area contributed by atoms with E-state index in [1.807, 2.05) is 52.0 Å². The van der Waals surface area contributed by atoms with Crippen LogP contribution in [0.15, 0.2) is 24.3 Å². The molecule has 0 heterocycles. The van der Waals surface area contributed by atoms with E-state index in [4.69, 9.17) is 9.47 Å². The van der Waals surface area contributed by atoms with E-state index in [0.29, 0.717) is 13.2 Å². The third kappa shape index (κ3) is 4.83. The number of rotatable bonds is 8. The van der Waals surface area contributed by atoms with Gasteiger partial charge in [0, 0.05) is 0 Å². The smallest absolute Gasteiger partial charge is 0.313 e. The Hall–Kier alpha value is -1.84. The SMILES string of the molecule is CCOC(=O)C(c1ccccc1C(C(=O)OCC)C(C)C)C(C)C. The maximum absolute atomic E-state index is 12.5. The van der Waals surface area contributed by atoms with E-state index in [1.165, 1.54) is 0 Å². The van der Waals surface area contributed by atoms with Crippen molar-refractivity contribution < 1.29 is 19.1 Å². The molecular formula is C20H30O4. The number of carbonyl (C=O) groups is 2. The fraction of sp³-hybridized carbons (Fsp3) is 0.600. The summed E-state index contributed by atoms with van der Waals surface area (Å²) >= 11 is 0. The maximum atomic E-state index is 12.5. The molecule has 0 aliphatic heterocycles. The summed E-state index contributed by atoms with van der Waals surface area (Å²) in [7, 11) is 0. The summed E-state index contributed by atoms with van der Waals surface area (Å²) in [5.41, 5.74) is 1.72. The minimum absolute atomic E-state index is 0.0696. The predicted molar refractivity (Wildman–Crippen MR) is 94.9 cm³/mol. The van der Waals surface area contributed by atoms with Gasteiger partial charge in [-0.2, -0.15) is 0 Å². The summed E-state index contributed by atoms with van der Waals surface area (Å²) < 4.78 is 10.5. The van der Waals surface area contributed by atoms with E-state index >= 15 is 0 Å². The van der Waals surface area contributed by atoms with Crippen molar-refractivity contribution in [3.63, 3.8) is 0 Å². The summed E-state index contributed by atoms with van der Waals surface area (Å²) in [5, 5.41) is 0. The monoisotopic (exact) mass is 334 g/mol. The molecule has 0 saturated carbocycles. The second-order valence-corrected chi connectivity index (χ2v) is 6.58. The number of benzene rings is 1. The van der Waals surface area contributed by atoms with Crippen molar-refractivity contribution >= 4 is 11.9 Å². The fourth-order valence-electron chi connectivity index (χ4n) is 3.06. The molecule has 0 aliphatic carbocycles. The highest BCUT2D eigenvalue weighted by molar-refractivity contribution is 5.83. The molecule has 2 unspecified atom stereocenters. The molecule has 0 aliphatic rings. The van der Waals surface area contributed by atoms with Gasteiger partial charge in [0.25, 0.3) is 0 Å². The average Bonchev–Trinajstić information content (AvgIpc) is 2.49. The van der Waals surface area contributed by atoms with Gasteiger partial charge in [0.05, 0.1) is 25.0 Å². The summed E-state index contributed by atoms with van der Waals surface area (Å²) in [6.07, 6.45) is 0. The van der Waals surface area contributed by atoms with Gasteiger partial charge in [0.2, 0.25) is 0 Å². The molecule has 134 valence electrons. The number of hydrogen-bond donors (Lipinski definition) is 0. The maximum Gasteiger partial charge on any atom is 0.313 e. The van der Waals surface area contributed by atoms with E-state index in [-0.39, 0.29) is 23.8 Å². The van der Waals surface area contributed by atoms with Gasteiger partial charge in [-0.25, -0.2) is 0 Å². The Balaban J connectivity index is 3.39. The molecule has 24 heavy (non-hydrogen) atoms. The quantitative estimate of drug-likeness (QED) is 0.665. The van der Waals surface area contributed by atoms with Crippen molar-refractivity contribution in [3.05, 3.63) is 35.4 Å². The highest BCUT2D eigenvalue weighted by Crippen LogP contribution is 2.36. The fourth-order valence-corrected chi connectivity index (χ4v) is 3.06. The lowest BCUT2D eigenvalue weighted by Gasteiger charge is -2.27. The van der Waals surface area contributed by atoms with Crippen LogP contribution < -0.4 is 0 Å². The van der Waals surface area contributed by atoms with Crippen molar-refractivity contribution in [2.75, 3.05) is 13.2 Å². The summed E-state index contributed by atoms with van der Waals surface area (Å²) in [6, 6.07) is 7.64. The molecule has 1 rings (SSSR count). The molecule has 0 N–H and O–H groups in total. The summed E-state index contributed by atoms with van der Waals surface area (Å²) in [6.45, 7) is 12.3. The molecule has 4 nitrogen and oxygen atoms in total. The summed E-state index contributed by atoms with van der Waals surface area (Å²) in [4.78, 5) is 25.0. The molecule has 0 amide bonds. The number of esters is 2. The molecule has 0 aromatic heterocycles. The Kier molecular flexibility index (Phi) is 7.96. The first-order valence-corrected chi connectivity index (χ1v) is 8.77. The summed E-state index contributed by atoms with van der Waals surface area (Å²) in [5.74, 6) is -1.13. The first kappa shape index (κ1) is 20.2. The van der Waals surface area contributed by atoms with Crippen LogP contribution in [0.4, 0.5) is 0 Å². The van der Waals surface area contributed by atoms with Crippen molar-refractivity contribution in [2.45, 2.75) is 53.4 Å². The van der Waals surface area contributed by atoms with Crippen molar-refractivity contribution in [1.82, 2.24) is 0 Å². The van der Waals surface area contributed by atoms with Crippen LogP contribution in [0.3, 0.4) is 0 Å². The van der Waals surface area contributed by atoms with Crippen molar-refractivity contribution in [3.8, 4) is 0 Å². The Morgan fingerprint density at radius 2 is 1.12 bits per heavy atom. The molecule has 0 saturated heterocycles. The van der Waals surface area contributed by atoms with Gasteiger partial charge in [-0.1, -0.05) is 52.0 Å². The van der Waals surface area contributed by atoms with Gasteiger partial charge in [-0.3, -0.25) is 9.59 Å². The van der Waals surface area contributed by atoms with Gasteiger partial charge in [-0.15, -0.1) is 0 Å². The largest absolute Gasteiger partial charge is 0.466 e. The van der Waals surface area contributed by atoms with E-state index in [9.17, 15) is 9.59 Å². The normalized spacial score (nSPS) is 13.7. The number of ether oxygens (including phenoxy) is 2.